The van der Waals surface area contributed by atoms with Gasteiger partial charge in [0.25, 0.3) is 0 Å². The van der Waals surface area contributed by atoms with Gasteiger partial charge in [-0.25, -0.2) is 0 Å². The van der Waals surface area contributed by atoms with Gasteiger partial charge in [0.15, 0.2) is 0 Å². The van der Waals surface area contributed by atoms with Crippen LogP contribution in [-0.2, 0) is 4.74 Å². The molecule has 1 aromatic heterocycles. The van der Waals surface area contributed by atoms with Crippen molar-refractivity contribution >= 4 is 11.6 Å². The lowest BCUT2D eigenvalue weighted by molar-refractivity contribution is 0.0715. The lowest BCUT2D eigenvalue weighted by Gasteiger charge is -2.07. The third kappa shape index (κ3) is 1.32. The van der Waals surface area contributed by atoms with Crippen molar-refractivity contribution < 1.29 is 9.15 Å². The van der Waals surface area contributed by atoms with Gasteiger partial charge in [-0.05, 0) is 23.9 Å². The smallest absolute Gasteiger partial charge is 0.312 e. The molecule has 12 heavy (non-hydrogen) atoms. The van der Waals surface area contributed by atoms with E-state index in [1.165, 1.54) is 0 Å². The van der Waals surface area contributed by atoms with E-state index in [2.05, 4.69) is 17.1 Å². The van der Waals surface area contributed by atoms with Crippen LogP contribution in [0.4, 0.5) is 0 Å². The molecular formula is C7H9ClN2O2. The van der Waals surface area contributed by atoms with Crippen molar-refractivity contribution in [2.24, 2.45) is 5.92 Å². The molecule has 1 aromatic rings. The summed E-state index contributed by atoms with van der Waals surface area (Å²) >= 11 is 5.49. The van der Waals surface area contributed by atoms with Crippen LogP contribution in [0.15, 0.2) is 4.42 Å². The van der Waals surface area contributed by atoms with Crippen molar-refractivity contribution in [2.45, 2.75) is 19.4 Å². The molecule has 66 valence electrons. The number of ether oxygens (including phenoxy) is 1. The van der Waals surface area contributed by atoms with Crippen molar-refractivity contribution in [2.75, 3.05) is 6.61 Å². The van der Waals surface area contributed by atoms with Crippen LogP contribution in [-0.4, -0.2) is 16.8 Å². The minimum atomic E-state index is -0.0648. The van der Waals surface area contributed by atoms with Crippen molar-refractivity contribution in [1.82, 2.24) is 10.2 Å². The second kappa shape index (κ2) is 3.03. The molecule has 0 aliphatic carbocycles. The highest BCUT2D eigenvalue weighted by molar-refractivity contribution is 6.27. The lowest BCUT2D eigenvalue weighted by atomic mass is 10.0. The van der Waals surface area contributed by atoms with Crippen LogP contribution in [0.5, 0.6) is 0 Å². The van der Waals surface area contributed by atoms with E-state index in [4.69, 9.17) is 20.8 Å². The second-order valence-electron chi connectivity index (χ2n) is 2.95. The van der Waals surface area contributed by atoms with Gasteiger partial charge < -0.3 is 9.15 Å². The molecule has 0 N–H and O–H groups in total. The number of aromatic nitrogens is 2. The minimum absolute atomic E-state index is 0.0648. The fourth-order valence-corrected chi connectivity index (χ4v) is 1.46. The molecule has 0 aromatic carbocycles. The van der Waals surface area contributed by atoms with Crippen LogP contribution in [0.2, 0.25) is 5.35 Å². The van der Waals surface area contributed by atoms with Gasteiger partial charge >= 0.3 is 5.35 Å². The van der Waals surface area contributed by atoms with E-state index < -0.39 is 0 Å². The molecule has 0 spiro atoms. The highest BCUT2D eigenvalue weighted by Crippen LogP contribution is 2.33. The molecule has 0 bridgehead atoms. The third-order valence-electron chi connectivity index (χ3n) is 2.05. The topological polar surface area (TPSA) is 48.2 Å². The zero-order chi connectivity index (χ0) is 8.55. The average molecular weight is 189 g/mol. The summed E-state index contributed by atoms with van der Waals surface area (Å²) in [6, 6.07) is 0. The van der Waals surface area contributed by atoms with Crippen molar-refractivity contribution in [3.63, 3.8) is 0 Å². The highest BCUT2D eigenvalue weighted by atomic mass is 35.5. The molecule has 2 rings (SSSR count). The number of hydrogen-bond donors (Lipinski definition) is 0. The fraction of sp³-hybridized carbons (Fsp3) is 0.714. The summed E-state index contributed by atoms with van der Waals surface area (Å²) in [5.74, 6) is 0.923. The van der Waals surface area contributed by atoms with Crippen LogP contribution < -0.4 is 0 Å². The van der Waals surface area contributed by atoms with E-state index in [-0.39, 0.29) is 11.5 Å². The maximum atomic E-state index is 5.49. The molecule has 2 unspecified atom stereocenters. The maximum Gasteiger partial charge on any atom is 0.312 e. The lowest BCUT2D eigenvalue weighted by Crippen LogP contribution is -2.03. The Hall–Kier alpha value is -0.610. The van der Waals surface area contributed by atoms with E-state index in [0.717, 1.165) is 13.0 Å². The van der Waals surface area contributed by atoms with Crippen LogP contribution >= 0.6 is 11.6 Å². The molecule has 4 nitrogen and oxygen atoms in total. The molecule has 0 amide bonds. The maximum absolute atomic E-state index is 5.49. The van der Waals surface area contributed by atoms with Crippen LogP contribution in [0, 0.1) is 5.92 Å². The first-order valence-electron chi connectivity index (χ1n) is 3.88. The number of rotatable bonds is 1. The Morgan fingerprint density at radius 1 is 1.50 bits per heavy atom. The van der Waals surface area contributed by atoms with E-state index in [1.807, 2.05) is 0 Å². The van der Waals surface area contributed by atoms with E-state index in [0.29, 0.717) is 11.8 Å². The molecule has 1 saturated heterocycles. The summed E-state index contributed by atoms with van der Waals surface area (Å²) in [7, 11) is 0. The van der Waals surface area contributed by atoms with Gasteiger partial charge in [-0.3, -0.25) is 0 Å². The van der Waals surface area contributed by atoms with Crippen LogP contribution in [0.3, 0.4) is 0 Å². The number of halogens is 1. The van der Waals surface area contributed by atoms with Crippen LogP contribution in [0.1, 0.15) is 25.3 Å². The van der Waals surface area contributed by atoms with Gasteiger partial charge in [-0.2, -0.15) is 0 Å². The van der Waals surface area contributed by atoms with Crippen molar-refractivity contribution in [3.8, 4) is 0 Å². The van der Waals surface area contributed by atoms with Gasteiger partial charge in [-0.1, -0.05) is 12.0 Å². The Morgan fingerprint density at radius 3 is 2.83 bits per heavy atom. The molecular weight excluding hydrogens is 180 g/mol. The monoisotopic (exact) mass is 188 g/mol. The SMILES string of the molecule is CC1CCOC1c1nnc(Cl)o1. The van der Waals surface area contributed by atoms with E-state index in [9.17, 15) is 0 Å². The molecule has 0 saturated carbocycles. The Bertz CT molecular complexity index is 276. The van der Waals surface area contributed by atoms with E-state index in [1.54, 1.807) is 0 Å². The standard InChI is InChI=1S/C7H9ClN2O2/c1-4-2-3-11-5(4)6-9-10-7(8)12-6/h4-5H,2-3H2,1H3. The van der Waals surface area contributed by atoms with Gasteiger partial charge in [-0.15, -0.1) is 5.10 Å². The molecule has 0 radical (unpaired) electrons. The normalized spacial score (nSPS) is 29.5. The largest absolute Gasteiger partial charge is 0.409 e. The highest BCUT2D eigenvalue weighted by Gasteiger charge is 2.30. The fourth-order valence-electron chi connectivity index (χ4n) is 1.34. The molecule has 1 fully saturated rings. The summed E-state index contributed by atoms with van der Waals surface area (Å²) < 4.78 is 10.5. The molecule has 2 atom stereocenters. The Labute approximate surface area is 74.9 Å². The van der Waals surface area contributed by atoms with Gasteiger partial charge in [0.1, 0.15) is 6.10 Å². The predicted molar refractivity (Wildman–Crippen MR) is 41.8 cm³/mol. The second-order valence-corrected chi connectivity index (χ2v) is 3.27. The summed E-state index contributed by atoms with van der Waals surface area (Å²) in [4.78, 5) is 0. The summed E-state index contributed by atoms with van der Waals surface area (Å²) in [6.07, 6.45) is 0.968. The Balaban J connectivity index is 2.19. The zero-order valence-electron chi connectivity index (χ0n) is 6.66. The van der Waals surface area contributed by atoms with Crippen molar-refractivity contribution in [3.05, 3.63) is 11.2 Å². The molecule has 5 heteroatoms. The first kappa shape index (κ1) is 8.01. The third-order valence-corrected chi connectivity index (χ3v) is 2.20. The van der Waals surface area contributed by atoms with Gasteiger partial charge in [0, 0.05) is 6.61 Å². The zero-order valence-corrected chi connectivity index (χ0v) is 7.41. The molecule has 1 aliphatic heterocycles. The first-order valence-corrected chi connectivity index (χ1v) is 4.25. The average Bonchev–Trinajstić information content (AvgIpc) is 2.58. The van der Waals surface area contributed by atoms with E-state index >= 15 is 0 Å². The quantitative estimate of drug-likeness (QED) is 0.675. The number of hydrogen-bond acceptors (Lipinski definition) is 4. The summed E-state index contributed by atoms with van der Waals surface area (Å²) in [6.45, 7) is 2.85. The summed E-state index contributed by atoms with van der Waals surface area (Å²) in [5, 5.41) is 7.42. The number of nitrogens with zero attached hydrogens (tertiary/aromatic N) is 2. The Morgan fingerprint density at radius 2 is 2.33 bits per heavy atom. The summed E-state index contributed by atoms with van der Waals surface area (Å²) in [5.41, 5.74) is 0. The van der Waals surface area contributed by atoms with Crippen molar-refractivity contribution in [1.29, 1.82) is 0 Å². The Kier molecular flexibility index (Phi) is 2.02. The molecule has 2 heterocycles. The minimum Gasteiger partial charge on any atom is -0.409 e. The van der Waals surface area contributed by atoms with Gasteiger partial charge in [0.2, 0.25) is 5.89 Å². The van der Waals surface area contributed by atoms with Gasteiger partial charge in [0.05, 0.1) is 0 Å². The van der Waals surface area contributed by atoms with Crippen LogP contribution in [0.25, 0.3) is 0 Å². The first-order chi connectivity index (χ1) is 5.77. The molecule has 1 aliphatic rings. The predicted octanol–water partition coefficient (Wildman–Crippen LogP) is 1.82.